The number of aliphatic hydroxyl groups is 1. The zero-order valence-corrected chi connectivity index (χ0v) is 7.46. The second-order valence-electron chi connectivity index (χ2n) is 2.94. The zero-order valence-electron chi connectivity index (χ0n) is 6.64. The highest BCUT2D eigenvalue weighted by Gasteiger charge is 2.30. The molecule has 2 heterocycles. The number of nitrogens with zero attached hydrogens (tertiary/aromatic N) is 1. The van der Waals surface area contributed by atoms with E-state index in [9.17, 15) is 0 Å². The fourth-order valence-corrected chi connectivity index (χ4v) is 2.09. The standard InChI is InChI=1S/C8H11NO2S/c10-3-6-1-2-11-8(6)7-4-12-5-9-7/h4-6,8,10H,1-3H2. The van der Waals surface area contributed by atoms with Crippen molar-refractivity contribution in [1.82, 2.24) is 4.98 Å². The van der Waals surface area contributed by atoms with Crippen molar-refractivity contribution in [1.29, 1.82) is 0 Å². The normalized spacial score (nSPS) is 29.4. The van der Waals surface area contributed by atoms with Gasteiger partial charge in [0.1, 0.15) is 6.10 Å². The van der Waals surface area contributed by atoms with Crippen LogP contribution in [0.2, 0.25) is 0 Å². The highest BCUT2D eigenvalue weighted by molar-refractivity contribution is 7.07. The van der Waals surface area contributed by atoms with Crippen LogP contribution in [0.15, 0.2) is 10.9 Å². The summed E-state index contributed by atoms with van der Waals surface area (Å²) >= 11 is 1.57. The Balaban J connectivity index is 2.13. The Labute approximate surface area is 75.0 Å². The first-order valence-corrected chi connectivity index (χ1v) is 4.96. The van der Waals surface area contributed by atoms with Gasteiger partial charge in [0.15, 0.2) is 0 Å². The first kappa shape index (κ1) is 8.16. The second-order valence-corrected chi connectivity index (χ2v) is 3.65. The summed E-state index contributed by atoms with van der Waals surface area (Å²) in [5.41, 5.74) is 2.77. The Bertz CT molecular complexity index is 237. The van der Waals surface area contributed by atoms with Crippen molar-refractivity contribution in [3.8, 4) is 0 Å². The molecule has 1 aliphatic rings. The predicted molar refractivity (Wildman–Crippen MR) is 46.0 cm³/mol. The van der Waals surface area contributed by atoms with Crippen LogP contribution in [0.4, 0.5) is 0 Å². The molecule has 0 aliphatic carbocycles. The third-order valence-electron chi connectivity index (χ3n) is 2.19. The highest BCUT2D eigenvalue weighted by Crippen LogP contribution is 2.33. The van der Waals surface area contributed by atoms with E-state index in [4.69, 9.17) is 9.84 Å². The van der Waals surface area contributed by atoms with E-state index in [1.807, 2.05) is 5.38 Å². The number of hydrogen-bond acceptors (Lipinski definition) is 4. The Hall–Kier alpha value is -0.450. The van der Waals surface area contributed by atoms with Gasteiger partial charge in [0, 0.05) is 24.5 Å². The van der Waals surface area contributed by atoms with Gasteiger partial charge in [0.05, 0.1) is 11.2 Å². The smallest absolute Gasteiger partial charge is 0.105 e. The molecular weight excluding hydrogens is 174 g/mol. The Kier molecular flexibility index (Phi) is 2.39. The molecule has 1 aromatic rings. The van der Waals surface area contributed by atoms with Gasteiger partial charge in [-0.25, -0.2) is 4.98 Å². The number of hydrogen-bond donors (Lipinski definition) is 1. The van der Waals surface area contributed by atoms with Crippen LogP contribution in [-0.4, -0.2) is 23.3 Å². The molecule has 1 saturated heterocycles. The maximum Gasteiger partial charge on any atom is 0.105 e. The average Bonchev–Trinajstić information content (AvgIpc) is 2.74. The predicted octanol–water partition coefficient (Wildman–Crippen LogP) is 1.21. The lowest BCUT2D eigenvalue weighted by Crippen LogP contribution is -2.11. The molecular formula is C8H11NO2S. The average molecular weight is 185 g/mol. The van der Waals surface area contributed by atoms with Crippen LogP contribution in [0, 0.1) is 5.92 Å². The minimum Gasteiger partial charge on any atom is -0.396 e. The molecule has 3 nitrogen and oxygen atoms in total. The third-order valence-corrected chi connectivity index (χ3v) is 2.80. The van der Waals surface area contributed by atoms with Crippen molar-refractivity contribution in [3.63, 3.8) is 0 Å². The van der Waals surface area contributed by atoms with Crippen LogP contribution in [0.3, 0.4) is 0 Å². The molecule has 66 valence electrons. The van der Waals surface area contributed by atoms with E-state index in [1.54, 1.807) is 16.8 Å². The summed E-state index contributed by atoms with van der Waals surface area (Å²) in [6.45, 7) is 0.940. The molecule has 4 heteroatoms. The second kappa shape index (κ2) is 3.51. The largest absolute Gasteiger partial charge is 0.396 e. The minimum atomic E-state index is 0.0289. The van der Waals surface area contributed by atoms with Crippen LogP contribution in [-0.2, 0) is 4.74 Å². The van der Waals surface area contributed by atoms with Gasteiger partial charge >= 0.3 is 0 Å². The van der Waals surface area contributed by atoms with E-state index >= 15 is 0 Å². The monoisotopic (exact) mass is 185 g/mol. The summed E-state index contributed by atoms with van der Waals surface area (Å²) in [6, 6.07) is 0. The molecule has 12 heavy (non-hydrogen) atoms. The molecule has 2 unspecified atom stereocenters. The number of aliphatic hydroxyl groups excluding tert-OH is 1. The lowest BCUT2D eigenvalue weighted by molar-refractivity contribution is 0.0693. The van der Waals surface area contributed by atoms with Crippen molar-refractivity contribution >= 4 is 11.3 Å². The molecule has 2 atom stereocenters. The summed E-state index contributed by atoms with van der Waals surface area (Å²) in [5, 5.41) is 11.0. The van der Waals surface area contributed by atoms with Gasteiger partial charge in [-0.3, -0.25) is 0 Å². The van der Waals surface area contributed by atoms with Crippen molar-refractivity contribution in [2.45, 2.75) is 12.5 Å². The first-order chi connectivity index (χ1) is 5.92. The summed E-state index contributed by atoms with van der Waals surface area (Å²) < 4.78 is 5.48. The number of thiazole rings is 1. The first-order valence-electron chi connectivity index (χ1n) is 4.02. The summed E-state index contributed by atoms with van der Waals surface area (Å²) in [4.78, 5) is 4.18. The van der Waals surface area contributed by atoms with Crippen molar-refractivity contribution < 1.29 is 9.84 Å². The van der Waals surface area contributed by atoms with Crippen molar-refractivity contribution in [3.05, 3.63) is 16.6 Å². The van der Waals surface area contributed by atoms with Crippen LogP contribution in [0.5, 0.6) is 0 Å². The third kappa shape index (κ3) is 1.37. The van der Waals surface area contributed by atoms with E-state index in [-0.39, 0.29) is 18.6 Å². The lowest BCUT2D eigenvalue weighted by Gasteiger charge is -2.13. The molecule has 1 N–H and O–H groups in total. The van der Waals surface area contributed by atoms with E-state index < -0.39 is 0 Å². The topological polar surface area (TPSA) is 42.4 Å². The maximum absolute atomic E-state index is 9.03. The van der Waals surface area contributed by atoms with Crippen molar-refractivity contribution in [2.75, 3.05) is 13.2 Å². The number of aromatic nitrogens is 1. The SMILES string of the molecule is OCC1CCOC1c1cscn1. The van der Waals surface area contributed by atoms with Gasteiger partial charge < -0.3 is 9.84 Å². The molecule has 0 amide bonds. The lowest BCUT2D eigenvalue weighted by atomic mass is 10.0. The summed E-state index contributed by atoms with van der Waals surface area (Å²) in [7, 11) is 0. The number of ether oxygens (including phenoxy) is 1. The van der Waals surface area contributed by atoms with E-state index in [1.165, 1.54) is 0 Å². The van der Waals surface area contributed by atoms with E-state index in [0.29, 0.717) is 0 Å². The van der Waals surface area contributed by atoms with E-state index in [2.05, 4.69) is 4.98 Å². The highest BCUT2D eigenvalue weighted by atomic mass is 32.1. The Morgan fingerprint density at radius 3 is 3.33 bits per heavy atom. The van der Waals surface area contributed by atoms with Gasteiger partial charge in [0.2, 0.25) is 0 Å². The molecule has 1 aliphatic heterocycles. The van der Waals surface area contributed by atoms with Crippen LogP contribution < -0.4 is 0 Å². The maximum atomic E-state index is 9.03. The van der Waals surface area contributed by atoms with Gasteiger partial charge in [-0.15, -0.1) is 11.3 Å². The number of rotatable bonds is 2. The molecule has 0 spiro atoms. The van der Waals surface area contributed by atoms with Gasteiger partial charge in [-0.05, 0) is 6.42 Å². The van der Waals surface area contributed by atoms with Gasteiger partial charge in [-0.1, -0.05) is 0 Å². The molecule has 0 saturated carbocycles. The van der Waals surface area contributed by atoms with Crippen LogP contribution in [0.1, 0.15) is 18.2 Å². The van der Waals surface area contributed by atoms with Crippen molar-refractivity contribution in [2.24, 2.45) is 5.92 Å². The molecule has 0 aromatic carbocycles. The quantitative estimate of drug-likeness (QED) is 0.753. The van der Waals surface area contributed by atoms with Crippen LogP contribution in [0.25, 0.3) is 0 Å². The van der Waals surface area contributed by atoms with Crippen LogP contribution >= 0.6 is 11.3 Å². The summed E-state index contributed by atoms with van der Waals surface area (Å²) in [6.07, 6.45) is 0.972. The van der Waals surface area contributed by atoms with Gasteiger partial charge in [0.25, 0.3) is 0 Å². The van der Waals surface area contributed by atoms with Gasteiger partial charge in [-0.2, -0.15) is 0 Å². The zero-order chi connectivity index (χ0) is 8.39. The Morgan fingerprint density at radius 2 is 2.67 bits per heavy atom. The molecule has 1 fully saturated rings. The molecule has 0 radical (unpaired) electrons. The van der Waals surface area contributed by atoms with E-state index in [0.717, 1.165) is 18.7 Å². The minimum absolute atomic E-state index is 0.0289. The fourth-order valence-electron chi connectivity index (χ4n) is 1.51. The fraction of sp³-hybridized carbons (Fsp3) is 0.625. The Morgan fingerprint density at radius 1 is 1.75 bits per heavy atom. The molecule has 2 rings (SSSR count). The summed E-state index contributed by atoms with van der Waals surface area (Å²) in [5.74, 6) is 0.243. The molecule has 0 bridgehead atoms. The molecule has 1 aromatic heterocycles.